The molecule has 2 aliphatic heterocycles. The molecular weight excluding hydrogens is 444 g/mol. The van der Waals surface area contributed by atoms with Crippen LogP contribution in [0.25, 0.3) is 10.9 Å². The van der Waals surface area contributed by atoms with Gasteiger partial charge in [-0.05, 0) is 43.4 Å². The predicted molar refractivity (Wildman–Crippen MR) is 139 cm³/mol. The second-order valence-corrected chi connectivity index (χ2v) is 11.3. The molecule has 0 amide bonds. The lowest BCUT2D eigenvalue weighted by Crippen LogP contribution is -2.53. The third-order valence-corrected chi connectivity index (χ3v) is 6.67. The molecule has 4 nitrogen and oxygen atoms in total. The van der Waals surface area contributed by atoms with Crippen molar-refractivity contribution in [3.05, 3.63) is 65.4 Å². The zero-order valence-electron chi connectivity index (χ0n) is 21.7. The fraction of sp³-hybridized carbons (Fsp3) is 0.517. The van der Waals surface area contributed by atoms with Gasteiger partial charge in [0.1, 0.15) is 23.5 Å². The molecule has 1 saturated heterocycles. The molecule has 0 saturated carbocycles. The van der Waals surface area contributed by atoms with Gasteiger partial charge in [0, 0.05) is 67.0 Å². The lowest BCUT2D eigenvalue weighted by atomic mass is 9.91. The number of likely N-dealkylation sites (tertiary alicyclic amines) is 1. The first-order valence-electron chi connectivity index (χ1n) is 12.8. The molecular formula is C29H39F2N3O. The van der Waals surface area contributed by atoms with Crippen LogP contribution < -0.4 is 4.74 Å². The normalized spacial score (nSPS) is 19.1. The van der Waals surface area contributed by atoms with Gasteiger partial charge in [-0.2, -0.15) is 0 Å². The number of H-pyrrole nitrogens is 1. The highest BCUT2D eigenvalue weighted by atomic mass is 19.1. The van der Waals surface area contributed by atoms with Crippen molar-refractivity contribution in [1.29, 1.82) is 0 Å². The fourth-order valence-corrected chi connectivity index (χ4v) is 5.11. The number of halogens is 2. The number of fused-ring (bicyclic) bond motifs is 3. The molecule has 0 radical (unpaired) electrons. The van der Waals surface area contributed by atoms with Gasteiger partial charge in [0.2, 0.25) is 0 Å². The van der Waals surface area contributed by atoms with E-state index in [1.807, 2.05) is 0 Å². The number of hydrogen-bond donors (Lipinski definition) is 1. The van der Waals surface area contributed by atoms with E-state index < -0.39 is 11.6 Å². The van der Waals surface area contributed by atoms with Gasteiger partial charge in [-0.15, -0.1) is 0 Å². The maximum atomic E-state index is 12.9. The van der Waals surface area contributed by atoms with Crippen LogP contribution in [0, 0.1) is 17.0 Å². The Bertz CT molecular complexity index is 1110. The number of aromatic nitrogens is 1. The standard InChI is InChI=1S/C17H24N2.C12H15F2NO/c1-12-9-14-13-7-5-6-8-15(13)18-16(14)10-19(12)11-17(2,3)4;1-2-3-15-7-12(8-15)16-11-5-9(13)4-10(14)6-11/h5-8,12,18H,9-11H2,1-4H3;4-6,12H,2-3,7-8H2,1H3. The summed E-state index contributed by atoms with van der Waals surface area (Å²) in [6, 6.07) is 12.6. The zero-order valence-corrected chi connectivity index (χ0v) is 21.7. The number of nitrogens with one attached hydrogen (secondary N) is 1. The third-order valence-electron chi connectivity index (χ3n) is 6.67. The number of rotatable bonds is 5. The van der Waals surface area contributed by atoms with E-state index in [1.165, 1.54) is 34.3 Å². The van der Waals surface area contributed by atoms with Crippen LogP contribution in [-0.4, -0.2) is 53.1 Å². The molecule has 0 spiro atoms. The van der Waals surface area contributed by atoms with Crippen LogP contribution in [0.1, 0.15) is 52.3 Å². The Balaban J connectivity index is 0.000000168. The smallest absolute Gasteiger partial charge is 0.129 e. The minimum absolute atomic E-state index is 0.0627. The second kappa shape index (κ2) is 10.7. The van der Waals surface area contributed by atoms with Crippen molar-refractivity contribution in [1.82, 2.24) is 14.8 Å². The lowest BCUT2D eigenvalue weighted by molar-refractivity contribution is 0.0199. The predicted octanol–water partition coefficient (Wildman–Crippen LogP) is 6.40. The average Bonchev–Trinajstić information content (AvgIpc) is 3.09. The third kappa shape index (κ3) is 6.62. The molecule has 1 atom stereocenters. The molecule has 0 bridgehead atoms. The van der Waals surface area contributed by atoms with Crippen LogP contribution >= 0.6 is 0 Å². The van der Waals surface area contributed by atoms with Gasteiger partial charge in [0.25, 0.3) is 0 Å². The van der Waals surface area contributed by atoms with E-state index in [-0.39, 0.29) is 11.9 Å². The van der Waals surface area contributed by atoms with E-state index in [2.05, 4.69) is 73.7 Å². The molecule has 35 heavy (non-hydrogen) atoms. The van der Waals surface area contributed by atoms with Gasteiger partial charge in [0.15, 0.2) is 0 Å². The highest BCUT2D eigenvalue weighted by molar-refractivity contribution is 5.84. The number of para-hydroxylation sites is 1. The first-order chi connectivity index (χ1) is 16.6. The SMILES string of the molecule is CC1Cc2c([nH]c3ccccc23)CN1CC(C)(C)C.CCCN1CC(Oc2cc(F)cc(F)c2)C1. The van der Waals surface area contributed by atoms with E-state index >= 15 is 0 Å². The highest BCUT2D eigenvalue weighted by Gasteiger charge is 2.29. The lowest BCUT2D eigenvalue weighted by Gasteiger charge is -2.38. The van der Waals surface area contributed by atoms with E-state index in [4.69, 9.17) is 4.74 Å². The van der Waals surface area contributed by atoms with Gasteiger partial charge >= 0.3 is 0 Å². The number of hydrogen-bond acceptors (Lipinski definition) is 3. The molecule has 1 N–H and O–H groups in total. The van der Waals surface area contributed by atoms with Crippen LogP contribution in [0.2, 0.25) is 0 Å². The largest absolute Gasteiger partial charge is 0.488 e. The Labute approximate surface area is 208 Å². The van der Waals surface area contributed by atoms with Crippen LogP contribution in [0.5, 0.6) is 5.75 Å². The van der Waals surface area contributed by atoms with Crippen molar-refractivity contribution in [3.8, 4) is 5.75 Å². The summed E-state index contributed by atoms with van der Waals surface area (Å²) in [7, 11) is 0. The summed E-state index contributed by atoms with van der Waals surface area (Å²) < 4.78 is 31.2. The van der Waals surface area contributed by atoms with Crippen molar-refractivity contribution in [2.45, 2.75) is 66.2 Å². The Morgan fingerprint density at radius 1 is 1.06 bits per heavy atom. The van der Waals surface area contributed by atoms with Crippen molar-refractivity contribution in [2.75, 3.05) is 26.2 Å². The molecule has 3 aromatic rings. The van der Waals surface area contributed by atoms with Crippen LogP contribution in [0.4, 0.5) is 8.78 Å². The molecule has 2 aromatic carbocycles. The van der Waals surface area contributed by atoms with E-state index in [9.17, 15) is 8.78 Å². The van der Waals surface area contributed by atoms with Gasteiger partial charge in [-0.1, -0.05) is 45.9 Å². The summed E-state index contributed by atoms with van der Waals surface area (Å²) in [5.74, 6) is -0.918. The molecule has 1 aromatic heterocycles. The van der Waals surface area contributed by atoms with Gasteiger partial charge in [0.05, 0.1) is 0 Å². The first-order valence-corrected chi connectivity index (χ1v) is 12.8. The van der Waals surface area contributed by atoms with Crippen LogP contribution in [-0.2, 0) is 13.0 Å². The summed E-state index contributed by atoms with van der Waals surface area (Å²) in [5.41, 5.74) is 4.60. The van der Waals surface area contributed by atoms with Crippen molar-refractivity contribution in [3.63, 3.8) is 0 Å². The first kappa shape index (κ1) is 25.6. The van der Waals surface area contributed by atoms with E-state index in [0.29, 0.717) is 11.5 Å². The molecule has 1 fully saturated rings. The Morgan fingerprint density at radius 3 is 2.40 bits per heavy atom. The van der Waals surface area contributed by atoms with E-state index in [0.717, 1.165) is 51.6 Å². The Morgan fingerprint density at radius 2 is 1.74 bits per heavy atom. The summed E-state index contributed by atoms with van der Waals surface area (Å²) in [6.07, 6.45) is 2.34. The Hall–Kier alpha value is -2.44. The molecule has 2 aliphatic rings. The summed E-state index contributed by atoms with van der Waals surface area (Å²) in [5, 5.41) is 1.42. The molecule has 5 rings (SSSR count). The minimum Gasteiger partial charge on any atom is -0.488 e. The van der Waals surface area contributed by atoms with Crippen LogP contribution in [0.3, 0.4) is 0 Å². The fourth-order valence-electron chi connectivity index (χ4n) is 5.11. The zero-order chi connectivity index (χ0) is 25.2. The number of nitrogens with zero attached hydrogens (tertiary/aromatic N) is 2. The summed E-state index contributed by atoms with van der Waals surface area (Å²) >= 11 is 0. The Kier molecular flexibility index (Phi) is 7.82. The minimum atomic E-state index is -0.597. The average molecular weight is 484 g/mol. The summed E-state index contributed by atoms with van der Waals surface area (Å²) in [4.78, 5) is 8.47. The van der Waals surface area contributed by atoms with Crippen molar-refractivity contribution < 1.29 is 13.5 Å². The quantitative estimate of drug-likeness (QED) is 0.456. The van der Waals surface area contributed by atoms with E-state index in [1.54, 1.807) is 0 Å². The van der Waals surface area contributed by atoms with Gasteiger partial charge < -0.3 is 9.72 Å². The topological polar surface area (TPSA) is 31.5 Å². The number of ether oxygens (including phenoxy) is 1. The molecule has 190 valence electrons. The van der Waals surface area contributed by atoms with Crippen molar-refractivity contribution in [2.24, 2.45) is 5.41 Å². The molecule has 1 unspecified atom stereocenters. The molecule has 0 aliphatic carbocycles. The second-order valence-electron chi connectivity index (χ2n) is 11.3. The highest BCUT2D eigenvalue weighted by Crippen LogP contribution is 2.31. The maximum absolute atomic E-state index is 12.9. The van der Waals surface area contributed by atoms with Gasteiger partial charge in [-0.3, -0.25) is 9.80 Å². The van der Waals surface area contributed by atoms with Gasteiger partial charge in [-0.25, -0.2) is 8.78 Å². The maximum Gasteiger partial charge on any atom is 0.129 e. The summed E-state index contributed by atoms with van der Waals surface area (Å²) in [6.45, 7) is 16.4. The molecule has 6 heteroatoms. The number of benzene rings is 2. The van der Waals surface area contributed by atoms with Crippen molar-refractivity contribution >= 4 is 10.9 Å². The molecule has 3 heterocycles. The number of aromatic amines is 1. The van der Waals surface area contributed by atoms with Crippen LogP contribution in [0.15, 0.2) is 42.5 Å². The monoisotopic (exact) mass is 483 g/mol.